The number of rotatable bonds is 5. The Labute approximate surface area is 239 Å². The number of nitrogens with zero attached hydrogens (tertiary/aromatic N) is 3. The van der Waals surface area contributed by atoms with Crippen molar-refractivity contribution in [2.24, 2.45) is 0 Å². The molecule has 0 atom stereocenters. The number of fused-ring (bicyclic) bond motifs is 2. The minimum atomic E-state index is 0.533. The molecule has 0 N–H and O–H groups in total. The summed E-state index contributed by atoms with van der Waals surface area (Å²) in [6.07, 6.45) is 1.64. The van der Waals surface area contributed by atoms with Gasteiger partial charge in [-0.2, -0.15) is 5.26 Å². The summed E-state index contributed by atoms with van der Waals surface area (Å²) in [5.41, 5.74) is 7.38. The number of hydrogen-bond donors (Lipinski definition) is 0. The molecule has 0 unspecified atom stereocenters. The molecule has 1 heterocycles. The molecule has 6 aromatic carbocycles. The van der Waals surface area contributed by atoms with E-state index < -0.39 is 0 Å². The second-order valence-corrected chi connectivity index (χ2v) is 9.95. The molecule has 0 fully saturated rings. The van der Waals surface area contributed by atoms with Crippen LogP contribution < -0.4 is 4.90 Å². The molecular weight excluding hydrogens is 498 g/mol. The molecule has 192 valence electrons. The topological polar surface area (TPSA) is 39.9 Å². The van der Waals surface area contributed by atoms with Gasteiger partial charge in [0.25, 0.3) is 0 Å². The van der Waals surface area contributed by atoms with Crippen LogP contribution in [-0.2, 0) is 0 Å². The maximum atomic E-state index is 9.40. The predicted octanol–water partition coefficient (Wildman–Crippen LogP) is 10.1. The van der Waals surface area contributed by atoms with Crippen molar-refractivity contribution in [3.05, 3.63) is 157 Å². The van der Waals surface area contributed by atoms with Gasteiger partial charge in [-0.05, 0) is 57.3 Å². The van der Waals surface area contributed by atoms with Crippen LogP contribution in [0.2, 0.25) is 0 Å². The Kier molecular flexibility index (Phi) is 6.20. The molecular formula is C38H25N3. The number of aromatic nitrogens is 1. The number of hydrogen-bond acceptors (Lipinski definition) is 3. The molecule has 0 spiro atoms. The van der Waals surface area contributed by atoms with Crippen LogP contribution in [0.4, 0.5) is 17.2 Å². The first-order chi connectivity index (χ1) is 20.3. The van der Waals surface area contributed by atoms with E-state index in [-0.39, 0.29) is 0 Å². The zero-order valence-electron chi connectivity index (χ0n) is 22.3. The lowest BCUT2D eigenvalue weighted by Crippen LogP contribution is -2.13. The quantitative estimate of drug-likeness (QED) is 0.211. The summed E-state index contributed by atoms with van der Waals surface area (Å²) in [6, 6.07) is 52.8. The maximum Gasteiger partial charge on any atom is 0.137 e. The average molecular weight is 524 g/mol. The Bertz CT molecular complexity index is 1970. The van der Waals surface area contributed by atoms with Gasteiger partial charge in [0.15, 0.2) is 0 Å². The van der Waals surface area contributed by atoms with E-state index in [9.17, 15) is 5.26 Å². The van der Waals surface area contributed by atoms with Crippen LogP contribution in [0.25, 0.3) is 43.8 Å². The summed E-state index contributed by atoms with van der Waals surface area (Å²) in [7, 11) is 0. The lowest BCUT2D eigenvalue weighted by molar-refractivity contribution is 1.18. The molecule has 0 saturated carbocycles. The van der Waals surface area contributed by atoms with Crippen LogP contribution in [0.3, 0.4) is 0 Å². The van der Waals surface area contributed by atoms with Crippen molar-refractivity contribution in [2.45, 2.75) is 0 Å². The van der Waals surface area contributed by atoms with Crippen molar-refractivity contribution in [1.29, 1.82) is 5.26 Å². The Morgan fingerprint density at radius 1 is 0.488 bits per heavy atom. The van der Waals surface area contributed by atoms with E-state index >= 15 is 0 Å². The van der Waals surface area contributed by atoms with Crippen LogP contribution in [0.5, 0.6) is 0 Å². The number of benzene rings is 6. The zero-order valence-corrected chi connectivity index (χ0v) is 22.3. The van der Waals surface area contributed by atoms with E-state index in [0.717, 1.165) is 28.0 Å². The SMILES string of the molecule is N#Cc1ccc(N(c2ccccc2)c2c3ccccc3c(-c3ccc(-c4ccccc4)cc3)c3ccccc23)nc1. The number of anilines is 3. The van der Waals surface area contributed by atoms with Gasteiger partial charge in [-0.15, -0.1) is 0 Å². The van der Waals surface area contributed by atoms with Gasteiger partial charge in [-0.1, -0.05) is 121 Å². The average Bonchev–Trinajstić information content (AvgIpc) is 3.06. The highest BCUT2D eigenvalue weighted by atomic mass is 15.2. The monoisotopic (exact) mass is 523 g/mol. The second kappa shape index (κ2) is 10.4. The van der Waals surface area contributed by atoms with Gasteiger partial charge in [0.05, 0.1) is 11.3 Å². The first-order valence-electron chi connectivity index (χ1n) is 13.6. The van der Waals surface area contributed by atoms with Crippen LogP contribution >= 0.6 is 0 Å². The highest BCUT2D eigenvalue weighted by Gasteiger charge is 2.22. The van der Waals surface area contributed by atoms with E-state index in [4.69, 9.17) is 4.98 Å². The van der Waals surface area contributed by atoms with Crippen molar-refractivity contribution in [1.82, 2.24) is 4.98 Å². The van der Waals surface area contributed by atoms with Gasteiger partial charge in [0.2, 0.25) is 0 Å². The van der Waals surface area contributed by atoms with Gasteiger partial charge < -0.3 is 0 Å². The van der Waals surface area contributed by atoms with Crippen LogP contribution in [0, 0.1) is 11.3 Å². The Morgan fingerprint density at radius 2 is 1.00 bits per heavy atom. The summed E-state index contributed by atoms with van der Waals surface area (Å²) in [6.45, 7) is 0. The summed E-state index contributed by atoms with van der Waals surface area (Å²) in [5, 5.41) is 14.0. The van der Waals surface area contributed by atoms with Gasteiger partial charge in [-0.25, -0.2) is 4.98 Å². The fraction of sp³-hybridized carbons (Fsp3) is 0. The molecule has 3 heteroatoms. The molecule has 7 rings (SSSR count). The molecule has 0 aliphatic heterocycles. The van der Waals surface area contributed by atoms with Crippen LogP contribution in [0.15, 0.2) is 152 Å². The standard InChI is InChI=1S/C38H25N3/c39-25-27-19-24-36(40-26-27)41(31-13-5-2-6-14-31)38-34-17-9-7-15-32(34)37(33-16-8-10-18-35(33)38)30-22-20-29(21-23-30)28-11-3-1-4-12-28/h1-24,26H. The van der Waals surface area contributed by atoms with E-state index in [1.165, 1.54) is 33.0 Å². The molecule has 1 aromatic heterocycles. The molecule has 0 saturated heterocycles. The molecule has 3 nitrogen and oxygen atoms in total. The van der Waals surface area contributed by atoms with Crippen LogP contribution in [-0.4, -0.2) is 4.98 Å². The zero-order chi connectivity index (χ0) is 27.6. The largest absolute Gasteiger partial charge is 0.294 e. The fourth-order valence-corrected chi connectivity index (χ4v) is 5.65. The van der Waals surface area contributed by atoms with Crippen molar-refractivity contribution >= 4 is 38.7 Å². The van der Waals surface area contributed by atoms with Gasteiger partial charge in [0, 0.05) is 22.7 Å². The Hall–Kier alpha value is -5.72. The number of para-hydroxylation sites is 1. The van der Waals surface area contributed by atoms with Crippen molar-refractivity contribution in [3.8, 4) is 28.3 Å². The van der Waals surface area contributed by atoms with Gasteiger partial charge in [-0.3, -0.25) is 4.90 Å². The van der Waals surface area contributed by atoms with E-state index in [1.807, 2.05) is 36.4 Å². The maximum absolute atomic E-state index is 9.40. The van der Waals surface area contributed by atoms with E-state index in [2.05, 4.69) is 120 Å². The van der Waals surface area contributed by atoms with Crippen molar-refractivity contribution in [3.63, 3.8) is 0 Å². The fourth-order valence-electron chi connectivity index (χ4n) is 5.65. The summed E-state index contributed by atoms with van der Waals surface area (Å²) >= 11 is 0. The third kappa shape index (κ3) is 4.38. The molecule has 7 aromatic rings. The van der Waals surface area contributed by atoms with Crippen molar-refractivity contribution in [2.75, 3.05) is 4.90 Å². The number of pyridine rings is 1. The molecule has 0 radical (unpaired) electrons. The summed E-state index contributed by atoms with van der Waals surface area (Å²) < 4.78 is 0. The lowest BCUT2D eigenvalue weighted by atomic mass is 9.89. The van der Waals surface area contributed by atoms with Crippen LogP contribution in [0.1, 0.15) is 5.56 Å². The Balaban J connectivity index is 1.51. The molecule has 0 amide bonds. The summed E-state index contributed by atoms with van der Waals surface area (Å²) in [4.78, 5) is 6.94. The highest BCUT2D eigenvalue weighted by Crippen LogP contribution is 2.47. The number of nitriles is 1. The predicted molar refractivity (Wildman–Crippen MR) is 170 cm³/mol. The Morgan fingerprint density at radius 3 is 1.56 bits per heavy atom. The minimum absolute atomic E-state index is 0.533. The second-order valence-electron chi connectivity index (χ2n) is 9.95. The highest BCUT2D eigenvalue weighted by molar-refractivity contribution is 6.22. The molecule has 0 bridgehead atoms. The molecule has 0 aliphatic carbocycles. The van der Waals surface area contributed by atoms with E-state index in [1.54, 1.807) is 6.20 Å². The van der Waals surface area contributed by atoms with E-state index in [0.29, 0.717) is 5.56 Å². The molecule has 41 heavy (non-hydrogen) atoms. The van der Waals surface area contributed by atoms with Gasteiger partial charge in [0.1, 0.15) is 11.9 Å². The summed E-state index contributed by atoms with van der Waals surface area (Å²) in [5.74, 6) is 0.755. The minimum Gasteiger partial charge on any atom is -0.294 e. The third-order valence-corrected chi connectivity index (χ3v) is 7.53. The first-order valence-corrected chi connectivity index (χ1v) is 13.6. The van der Waals surface area contributed by atoms with Gasteiger partial charge >= 0.3 is 0 Å². The lowest BCUT2D eigenvalue weighted by Gasteiger charge is -2.28. The molecule has 0 aliphatic rings. The first kappa shape index (κ1) is 24.3. The smallest absolute Gasteiger partial charge is 0.137 e. The van der Waals surface area contributed by atoms with Crippen molar-refractivity contribution < 1.29 is 0 Å². The third-order valence-electron chi connectivity index (χ3n) is 7.53. The normalized spacial score (nSPS) is 10.9.